The number of ether oxygens (including phenoxy) is 1. The predicted octanol–water partition coefficient (Wildman–Crippen LogP) is 3.48. The van der Waals surface area contributed by atoms with Crippen LogP contribution in [0.2, 0.25) is 0 Å². The molecule has 3 aromatic rings. The van der Waals surface area contributed by atoms with Gasteiger partial charge in [0.1, 0.15) is 5.75 Å². The van der Waals surface area contributed by atoms with E-state index in [9.17, 15) is 8.42 Å². The Morgan fingerprint density at radius 1 is 1.16 bits per heavy atom. The van der Waals surface area contributed by atoms with Crippen LogP contribution in [0.4, 0.5) is 0 Å². The molecule has 1 N–H and O–H groups in total. The van der Waals surface area contributed by atoms with Crippen molar-refractivity contribution < 1.29 is 13.2 Å². The number of methoxy groups -OCH3 is 1. The molecule has 1 aromatic heterocycles. The zero-order chi connectivity index (χ0) is 17.6. The molecule has 4 rings (SSSR count). The monoisotopic (exact) mass is 356 g/mol. The fraction of sp³-hybridized carbons (Fsp3) is 0.263. The largest absolute Gasteiger partial charge is 0.497 e. The number of sulfonamides is 1. The van der Waals surface area contributed by atoms with Crippen molar-refractivity contribution in [1.29, 1.82) is 0 Å². The summed E-state index contributed by atoms with van der Waals surface area (Å²) in [5, 5.41) is 1.14. The summed E-state index contributed by atoms with van der Waals surface area (Å²) >= 11 is 0. The minimum atomic E-state index is -3.52. The molecule has 0 fully saturated rings. The maximum absolute atomic E-state index is 13.0. The number of hydrogen-bond donors (Lipinski definition) is 1. The zero-order valence-corrected chi connectivity index (χ0v) is 15.0. The van der Waals surface area contributed by atoms with E-state index in [1.807, 2.05) is 31.2 Å². The Morgan fingerprint density at radius 3 is 2.64 bits per heavy atom. The first kappa shape index (κ1) is 16.2. The lowest BCUT2D eigenvalue weighted by Gasteiger charge is -2.32. The Bertz CT molecular complexity index is 1030. The Balaban J connectivity index is 1.78. The summed E-state index contributed by atoms with van der Waals surface area (Å²) in [7, 11) is -1.88. The van der Waals surface area contributed by atoms with Crippen LogP contribution in [0.25, 0.3) is 10.9 Å². The molecule has 0 unspecified atom stereocenters. The summed E-state index contributed by atoms with van der Waals surface area (Å²) in [6, 6.07) is 14.3. The second-order valence-corrected chi connectivity index (χ2v) is 8.17. The average Bonchev–Trinajstić information content (AvgIpc) is 3.01. The first-order chi connectivity index (χ1) is 12.0. The van der Waals surface area contributed by atoms with Crippen LogP contribution in [-0.4, -0.2) is 31.4 Å². The number of rotatable bonds is 3. The van der Waals surface area contributed by atoms with E-state index in [2.05, 4.69) is 4.98 Å². The van der Waals surface area contributed by atoms with E-state index < -0.39 is 10.0 Å². The van der Waals surface area contributed by atoms with Gasteiger partial charge in [0.15, 0.2) is 0 Å². The van der Waals surface area contributed by atoms with Crippen LogP contribution in [0.15, 0.2) is 53.4 Å². The second kappa shape index (κ2) is 5.89. The van der Waals surface area contributed by atoms with Crippen molar-refractivity contribution in [3.8, 4) is 5.75 Å². The van der Waals surface area contributed by atoms with Crippen molar-refractivity contribution >= 4 is 20.9 Å². The van der Waals surface area contributed by atoms with Gasteiger partial charge in [0.2, 0.25) is 10.0 Å². The third kappa shape index (κ3) is 2.53. The van der Waals surface area contributed by atoms with Crippen LogP contribution in [0.5, 0.6) is 5.75 Å². The topological polar surface area (TPSA) is 62.4 Å². The molecule has 0 radical (unpaired) electrons. The highest BCUT2D eigenvalue weighted by molar-refractivity contribution is 7.89. The summed E-state index contributed by atoms with van der Waals surface area (Å²) in [6.07, 6.45) is 0.693. The van der Waals surface area contributed by atoms with E-state index in [0.717, 1.165) is 22.3 Å². The number of benzene rings is 2. The molecule has 0 aliphatic carbocycles. The minimum Gasteiger partial charge on any atom is -0.497 e. The predicted molar refractivity (Wildman–Crippen MR) is 97.3 cm³/mol. The Morgan fingerprint density at radius 2 is 1.92 bits per heavy atom. The fourth-order valence-electron chi connectivity index (χ4n) is 3.62. The first-order valence-corrected chi connectivity index (χ1v) is 9.72. The van der Waals surface area contributed by atoms with E-state index in [1.165, 1.54) is 5.56 Å². The molecule has 0 amide bonds. The van der Waals surface area contributed by atoms with Crippen LogP contribution >= 0.6 is 0 Å². The van der Waals surface area contributed by atoms with Gasteiger partial charge in [-0.25, -0.2) is 8.42 Å². The highest BCUT2D eigenvalue weighted by atomic mass is 32.2. The van der Waals surface area contributed by atoms with Crippen molar-refractivity contribution in [2.24, 2.45) is 0 Å². The van der Waals surface area contributed by atoms with Gasteiger partial charge in [-0.05, 0) is 43.2 Å². The molecule has 2 heterocycles. The van der Waals surface area contributed by atoms with Crippen LogP contribution in [0.1, 0.15) is 24.2 Å². The molecule has 1 aliphatic rings. The normalized spacial score (nSPS) is 18.2. The quantitative estimate of drug-likeness (QED) is 0.781. The van der Waals surface area contributed by atoms with E-state index in [-0.39, 0.29) is 6.04 Å². The second-order valence-electron chi connectivity index (χ2n) is 6.28. The summed E-state index contributed by atoms with van der Waals surface area (Å²) in [4.78, 5) is 3.74. The van der Waals surface area contributed by atoms with Gasteiger partial charge in [-0.15, -0.1) is 0 Å². The van der Waals surface area contributed by atoms with Gasteiger partial charge in [0, 0.05) is 29.2 Å². The van der Waals surface area contributed by atoms with Gasteiger partial charge >= 0.3 is 0 Å². The average molecular weight is 356 g/mol. The first-order valence-electron chi connectivity index (χ1n) is 8.28. The third-order valence-corrected chi connectivity index (χ3v) is 6.91. The molecule has 1 atom stereocenters. The van der Waals surface area contributed by atoms with Gasteiger partial charge in [-0.3, -0.25) is 0 Å². The summed E-state index contributed by atoms with van der Waals surface area (Å²) in [6.45, 7) is 2.41. The molecule has 1 aliphatic heterocycles. The number of aromatic amines is 1. The molecular formula is C19H20N2O3S. The standard InChI is InChI=1S/C19H20N2O3S/c1-13-19-17(16-9-8-14(24-2)12-18(16)20-19)10-11-21(13)25(22,23)15-6-4-3-5-7-15/h3-9,12-13,20H,10-11H2,1-2H3/t13-/m0/s1. The molecule has 25 heavy (non-hydrogen) atoms. The molecule has 0 saturated heterocycles. The van der Waals surface area contributed by atoms with Crippen molar-refractivity contribution in [2.45, 2.75) is 24.3 Å². The van der Waals surface area contributed by atoms with E-state index >= 15 is 0 Å². The maximum Gasteiger partial charge on any atom is 0.243 e. The van der Waals surface area contributed by atoms with Gasteiger partial charge < -0.3 is 9.72 Å². The molecule has 6 heteroatoms. The number of fused-ring (bicyclic) bond motifs is 3. The van der Waals surface area contributed by atoms with Gasteiger partial charge in [-0.1, -0.05) is 18.2 Å². The van der Waals surface area contributed by atoms with Crippen LogP contribution in [0, 0.1) is 0 Å². The minimum absolute atomic E-state index is 0.243. The zero-order valence-electron chi connectivity index (χ0n) is 14.2. The smallest absolute Gasteiger partial charge is 0.243 e. The highest BCUT2D eigenvalue weighted by Crippen LogP contribution is 2.37. The van der Waals surface area contributed by atoms with Gasteiger partial charge in [-0.2, -0.15) is 4.31 Å². The summed E-state index contributed by atoms with van der Waals surface area (Å²) < 4.78 is 32.9. The summed E-state index contributed by atoms with van der Waals surface area (Å²) in [5.41, 5.74) is 3.15. The number of hydrogen-bond acceptors (Lipinski definition) is 3. The number of H-pyrrole nitrogens is 1. The Labute approximate surface area is 147 Å². The molecule has 0 saturated carbocycles. The van der Waals surface area contributed by atoms with E-state index in [1.54, 1.807) is 35.7 Å². The van der Waals surface area contributed by atoms with E-state index in [4.69, 9.17) is 4.74 Å². The SMILES string of the molecule is COc1ccc2c3c([nH]c2c1)[C@H](C)N(S(=O)(=O)c1ccccc1)CC3. The Hall–Kier alpha value is -2.31. The molecule has 2 aromatic carbocycles. The van der Waals surface area contributed by atoms with Crippen molar-refractivity contribution in [3.63, 3.8) is 0 Å². The van der Waals surface area contributed by atoms with Crippen LogP contribution in [-0.2, 0) is 16.4 Å². The summed E-state index contributed by atoms with van der Waals surface area (Å²) in [5.74, 6) is 0.785. The number of nitrogens with zero attached hydrogens (tertiary/aromatic N) is 1. The van der Waals surface area contributed by atoms with Crippen LogP contribution < -0.4 is 4.74 Å². The molecular weight excluding hydrogens is 336 g/mol. The molecule has 5 nitrogen and oxygen atoms in total. The van der Waals surface area contributed by atoms with E-state index in [0.29, 0.717) is 17.9 Å². The Kier molecular flexibility index (Phi) is 3.81. The van der Waals surface area contributed by atoms with Gasteiger partial charge in [0.05, 0.1) is 18.0 Å². The lowest BCUT2D eigenvalue weighted by molar-refractivity contribution is 0.322. The van der Waals surface area contributed by atoms with Crippen molar-refractivity contribution in [3.05, 3.63) is 59.8 Å². The van der Waals surface area contributed by atoms with Crippen molar-refractivity contribution in [1.82, 2.24) is 9.29 Å². The third-order valence-electron chi connectivity index (χ3n) is 4.93. The molecule has 0 spiro atoms. The molecule has 130 valence electrons. The fourth-order valence-corrected chi connectivity index (χ4v) is 5.25. The molecule has 0 bridgehead atoms. The maximum atomic E-state index is 13.0. The number of nitrogens with one attached hydrogen (secondary N) is 1. The van der Waals surface area contributed by atoms with Crippen LogP contribution in [0.3, 0.4) is 0 Å². The number of aromatic nitrogens is 1. The van der Waals surface area contributed by atoms with Gasteiger partial charge in [0.25, 0.3) is 0 Å². The highest BCUT2D eigenvalue weighted by Gasteiger charge is 2.35. The lowest BCUT2D eigenvalue weighted by Crippen LogP contribution is -2.38. The lowest BCUT2D eigenvalue weighted by atomic mass is 10.0. The van der Waals surface area contributed by atoms with Crippen molar-refractivity contribution in [2.75, 3.05) is 13.7 Å².